The molecule has 0 radical (unpaired) electrons. The van der Waals surface area contributed by atoms with Gasteiger partial charge in [0, 0.05) is 4.47 Å². The van der Waals surface area contributed by atoms with Gasteiger partial charge in [-0.05, 0) is 48.7 Å². The summed E-state index contributed by atoms with van der Waals surface area (Å²) in [6.07, 6.45) is 0. The minimum Gasteiger partial charge on any atom is -0.279 e. The van der Waals surface area contributed by atoms with Gasteiger partial charge in [0.15, 0.2) is 5.13 Å². The first kappa shape index (κ1) is 20.1. The Morgan fingerprint density at radius 1 is 1.07 bits per heavy atom. The van der Waals surface area contributed by atoms with Gasteiger partial charge in [-0.25, -0.2) is 4.98 Å². The number of halogens is 2. The second kappa shape index (κ2) is 8.27. The number of fused-ring (bicyclic) bond motifs is 1. The van der Waals surface area contributed by atoms with Gasteiger partial charge >= 0.3 is 0 Å². The third-order valence-electron chi connectivity index (χ3n) is 4.75. The molecular weight excluding hydrogens is 468 g/mol. The van der Waals surface area contributed by atoms with Crippen molar-refractivity contribution in [1.82, 2.24) is 4.98 Å². The number of hydrogen-bond donors (Lipinski definition) is 0. The van der Waals surface area contributed by atoms with Crippen molar-refractivity contribution in [3.05, 3.63) is 92.4 Å². The molecule has 0 bridgehead atoms. The number of nitrogens with zero attached hydrogens (tertiary/aromatic N) is 2. The average Bonchev–Trinajstić information content (AvgIpc) is 3.18. The highest BCUT2D eigenvalue weighted by Gasteiger charge is 2.24. The molecule has 0 aliphatic carbocycles. The first-order valence-electron chi connectivity index (χ1n) is 9.11. The number of amides is 1. The monoisotopic (exact) mass is 484 g/mol. The molecule has 0 spiro atoms. The Labute approximate surface area is 187 Å². The number of carbonyl (C=O) groups is 1. The van der Waals surface area contributed by atoms with Crippen molar-refractivity contribution >= 4 is 60.1 Å². The van der Waals surface area contributed by atoms with Gasteiger partial charge in [0.2, 0.25) is 0 Å². The molecule has 6 heteroatoms. The molecule has 0 atom stereocenters. The van der Waals surface area contributed by atoms with E-state index in [9.17, 15) is 4.79 Å². The highest BCUT2D eigenvalue weighted by molar-refractivity contribution is 9.10. The van der Waals surface area contributed by atoms with E-state index in [2.05, 4.69) is 35.0 Å². The minimum atomic E-state index is -0.172. The van der Waals surface area contributed by atoms with Crippen LogP contribution in [0.5, 0.6) is 0 Å². The van der Waals surface area contributed by atoms with Crippen LogP contribution in [0, 0.1) is 13.8 Å². The first-order valence-corrected chi connectivity index (χ1v) is 11.1. The summed E-state index contributed by atoms with van der Waals surface area (Å²) >= 11 is 11.3. The molecule has 29 heavy (non-hydrogen) atoms. The van der Waals surface area contributed by atoms with Crippen LogP contribution in [-0.4, -0.2) is 10.9 Å². The summed E-state index contributed by atoms with van der Waals surface area (Å²) in [6.45, 7) is 4.53. The van der Waals surface area contributed by atoms with Crippen LogP contribution in [0.15, 0.2) is 65.1 Å². The molecule has 1 amide bonds. The van der Waals surface area contributed by atoms with E-state index in [1.54, 1.807) is 17.0 Å². The predicted molar refractivity (Wildman–Crippen MR) is 125 cm³/mol. The normalized spacial score (nSPS) is 11.0. The Balaban J connectivity index is 1.84. The van der Waals surface area contributed by atoms with Gasteiger partial charge < -0.3 is 0 Å². The summed E-state index contributed by atoms with van der Waals surface area (Å²) in [5, 5.41) is 1.09. The molecule has 0 saturated heterocycles. The number of carbonyl (C=O) groups excluding carboxylic acids is 1. The van der Waals surface area contributed by atoms with Crippen LogP contribution in [-0.2, 0) is 6.54 Å². The van der Waals surface area contributed by atoms with Crippen molar-refractivity contribution in [1.29, 1.82) is 0 Å². The Morgan fingerprint density at radius 3 is 2.52 bits per heavy atom. The lowest BCUT2D eigenvalue weighted by atomic mass is 10.1. The fraction of sp³-hybridized carbons (Fsp3) is 0.130. The van der Waals surface area contributed by atoms with Crippen LogP contribution in [0.3, 0.4) is 0 Å². The summed E-state index contributed by atoms with van der Waals surface area (Å²) in [4.78, 5) is 20.1. The maximum Gasteiger partial charge on any atom is 0.261 e. The lowest BCUT2D eigenvalue weighted by molar-refractivity contribution is 0.0985. The molecule has 0 saturated carbocycles. The number of rotatable bonds is 4. The Bertz CT molecular complexity index is 1170. The molecule has 1 heterocycles. The lowest BCUT2D eigenvalue weighted by Gasteiger charge is -2.21. The van der Waals surface area contributed by atoms with Crippen molar-refractivity contribution < 1.29 is 4.79 Å². The van der Waals surface area contributed by atoms with Gasteiger partial charge in [-0.1, -0.05) is 81.3 Å². The fourth-order valence-corrected chi connectivity index (χ4v) is 4.83. The van der Waals surface area contributed by atoms with Gasteiger partial charge in [0.05, 0.1) is 27.3 Å². The predicted octanol–water partition coefficient (Wildman–Crippen LogP) is 7.18. The number of aryl methyl sites for hydroxylation is 2. The molecule has 146 valence electrons. The molecule has 0 fully saturated rings. The largest absolute Gasteiger partial charge is 0.279 e. The van der Waals surface area contributed by atoms with Crippen LogP contribution in [0.25, 0.3) is 10.2 Å². The topological polar surface area (TPSA) is 33.2 Å². The summed E-state index contributed by atoms with van der Waals surface area (Å²) in [7, 11) is 0. The summed E-state index contributed by atoms with van der Waals surface area (Å²) in [6, 6.07) is 19.4. The Kier molecular flexibility index (Phi) is 5.72. The van der Waals surface area contributed by atoms with E-state index >= 15 is 0 Å². The standard InChI is InChI=1S/C23H18BrClN2OS/c1-14-8-9-15(2)21-20(14)26-23(29-21)27(13-16-6-4-3-5-7-16)22(28)18-12-17(24)10-11-19(18)25/h3-12H,13H2,1-2H3. The SMILES string of the molecule is Cc1ccc(C)c2sc(N(Cc3ccccc3)C(=O)c3cc(Br)ccc3Cl)nc12. The molecule has 3 aromatic carbocycles. The van der Waals surface area contributed by atoms with Crippen LogP contribution in [0.4, 0.5) is 5.13 Å². The van der Waals surface area contributed by atoms with E-state index in [1.165, 1.54) is 11.3 Å². The lowest BCUT2D eigenvalue weighted by Crippen LogP contribution is -2.30. The highest BCUT2D eigenvalue weighted by atomic mass is 79.9. The fourth-order valence-electron chi connectivity index (χ4n) is 3.16. The van der Waals surface area contributed by atoms with Gasteiger partial charge in [0.25, 0.3) is 5.91 Å². The second-order valence-electron chi connectivity index (χ2n) is 6.87. The van der Waals surface area contributed by atoms with Crippen LogP contribution < -0.4 is 4.90 Å². The summed E-state index contributed by atoms with van der Waals surface area (Å²) in [5.74, 6) is -0.172. The molecule has 0 N–H and O–H groups in total. The average molecular weight is 486 g/mol. The number of anilines is 1. The van der Waals surface area contributed by atoms with E-state index in [4.69, 9.17) is 16.6 Å². The Hall–Kier alpha value is -2.21. The van der Waals surface area contributed by atoms with E-state index < -0.39 is 0 Å². The number of aromatic nitrogens is 1. The van der Waals surface area contributed by atoms with Gasteiger partial charge in [-0.3, -0.25) is 9.69 Å². The molecule has 0 aliphatic rings. The van der Waals surface area contributed by atoms with Crippen LogP contribution in [0.2, 0.25) is 5.02 Å². The number of hydrogen-bond acceptors (Lipinski definition) is 3. The molecule has 4 aromatic rings. The zero-order chi connectivity index (χ0) is 20.5. The molecule has 1 aromatic heterocycles. The zero-order valence-electron chi connectivity index (χ0n) is 15.9. The van der Waals surface area contributed by atoms with E-state index in [0.717, 1.165) is 31.4 Å². The van der Waals surface area contributed by atoms with Gasteiger partial charge in [-0.15, -0.1) is 0 Å². The molecule has 4 rings (SSSR count). The van der Waals surface area contributed by atoms with Crippen molar-refractivity contribution in [3.63, 3.8) is 0 Å². The molecular formula is C23H18BrClN2OS. The first-order chi connectivity index (χ1) is 13.9. The van der Waals surface area contributed by atoms with Crippen LogP contribution >= 0.6 is 38.9 Å². The van der Waals surface area contributed by atoms with Crippen molar-refractivity contribution in [3.8, 4) is 0 Å². The van der Waals surface area contributed by atoms with E-state index in [0.29, 0.717) is 22.3 Å². The molecule has 0 aliphatic heterocycles. The molecule has 3 nitrogen and oxygen atoms in total. The van der Waals surface area contributed by atoms with Gasteiger partial charge in [-0.2, -0.15) is 0 Å². The number of benzene rings is 3. The van der Waals surface area contributed by atoms with E-state index in [1.807, 2.05) is 43.3 Å². The maximum absolute atomic E-state index is 13.6. The Morgan fingerprint density at radius 2 is 1.79 bits per heavy atom. The van der Waals surface area contributed by atoms with Crippen molar-refractivity contribution in [2.45, 2.75) is 20.4 Å². The number of thiazole rings is 1. The molecule has 0 unspecified atom stereocenters. The maximum atomic E-state index is 13.6. The minimum absolute atomic E-state index is 0.172. The van der Waals surface area contributed by atoms with E-state index in [-0.39, 0.29) is 5.91 Å². The zero-order valence-corrected chi connectivity index (χ0v) is 19.1. The second-order valence-corrected chi connectivity index (χ2v) is 9.17. The third-order valence-corrected chi connectivity index (χ3v) is 6.79. The summed E-state index contributed by atoms with van der Waals surface area (Å²) < 4.78 is 1.91. The van der Waals surface area contributed by atoms with Crippen molar-refractivity contribution in [2.75, 3.05) is 4.90 Å². The quantitative estimate of drug-likeness (QED) is 0.307. The van der Waals surface area contributed by atoms with Crippen LogP contribution in [0.1, 0.15) is 27.0 Å². The van der Waals surface area contributed by atoms with Gasteiger partial charge in [0.1, 0.15) is 0 Å². The highest BCUT2D eigenvalue weighted by Crippen LogP contribution is 2.35. The third kappa shape index (κ3) is 4.08. The smallest absolute Gasteiger partial charge is 0.261 e. The summed E-state index contributed by atoms with van der Waals surface area (Å²) in [5.41, 5.74) is 4.67. The van der Waals surface area contributed by atoms with Crippen molar-refractivity contribution in [2.24, 2.45) is 0 Å².